The van der Waals surface area contributed by atoms with Crippen molar-refractivity contribution in [3.8, 4) is 11.3 Å². The molecule has 0 saturated heterocycles. The Hall–Kier alpha value is -3.18. The zero-order chi connectivity index (χ0) is 20.8. The van der Waals surface area contributed by atoms with E-state index in [0.717, 1.165) is 17.8 Å². The molecule has 4 aromatic rings. The molecule has 0 unspecified atom stereocenters. The van der Waals surface area contributed by atoms with Crippen molar-refractivity contribution in [3.63, 3.8) is 0 Å². The molecule has 148 valence electrons. The average Bonchev–Trinajstić information content (AvgIpc) is 3.03. The smallest absolute Gasteiger partial charge is 0.264 e. The van der Waals surface area contributed by atoms with E-state index in [1.165, 1.54) is 23.0 Å². The number of aryl methyl sites for hydroxylation is 1. The molecule has 8 nitrogen and oxygen atoms in total. The second kappa shape index (κ2) is 7.01. The highest BCUT2D eigenvalue weighted by Gasteiger charge is 2.21. The van der Waals surface area contributed by atoms with E-state index in [-0.39, 0.29) is 10.8 Å². The standard InChI is InChI=1S/C17H11ClF2N6O2S/c1-9-6-22-17-23-8-14(24-26(9)17)10-4-13(16(18)21-7-10)25-29(27,28)15-3-2-11(19)5-12(15)20/h2-8,25H,1H3. The highest BCUT2D eigenvalue weighted by atomic mass is 35.5. The van der Waals surface area contributed by atoms with Crippen LogP contribution in [0.2, 0.25) is 5.15 Å². The van der Waals surface area contributed by atoms with E-state index in [9.17, 15) is 17.2 Å². The Morgan fingerprint density at radius 2 is 1.83 bits per heavy atom. The number of nitrogens with one attached hydrogen (secondary N) is 1. The number of rotatable bonds is 4. The van der Waals surface area contributed by atoms with Gasteiger partial charge in [-0.2, -0.15) is 5.10 Å². The summed E-state index contributed by atoms with van der Waals surface area (Å²) in [6.45, 7) is 1.80. The summed E-state index contributed by atoms with van der Waals surface area (Å²) in [4.78, 5) is 11.5. The number of anilines is 1. The molecule has 0 radical (unpaired) electrons. The molecule has 0 atom stereocenters. The molecule has 4 rings (SSSR count). The van der Waals surface area contributed by atoms with Crippen LogP contribution in [0.25, 0.3) is 17.0 Å². The van der Waals surface area contributed by atoms with E-state index in [1.54, 1.807) is 13.1 Å². The van der Waals surface area contributed by atoms with Crippen LogP contribution in [0.5, 0.6) is 0 Å². The number of nitrogens with zero attached hydrogens (tertiary/aromatic N) is 5. The fourth-order valence-electron chi connectivity index (χ4n) is 2.57. The third-order valence-electron chi connectivity index (χ3n) is 3.96. The molecule has 3 heterocycles. The Labute approximate surface area is 168 Å². The minimum Gasteiger partial charge on any atom is -0.276 e. The maximum atomic E-state index is 13.9. The second-order valence-corrected chi connectivity index (χ2v) is 8.01. The number of hydrogen-bond donors (Lipinski definition) is 1. The molecule has 0 aliphatic carbocycles. The Morgan fingerprint density at radius 3 is 2.59 bits per heavy atom. The molecule has 0 bridgehead atoms. The lowest BCUT2D eigenvalue weighted by Crippen LogP contribution is -2.15. The summed E-state index contributed by atoms with van der Waals surface area (Å²) in [5.41, 5.74) is 1.45. The molecule has 0 fully saturated rings. The van der Waals surface area contributed by atoms with E-state index >= 15 is 0 Å². The average molecular weight is 437 g/mol. The first-order valence-corrected chi connectivity index (χ1v) is 9.92. The summed E-state index contributed by atoms with van der Waals surface area (Å²) >= 11 is 6.00. The minimum atomic E-state index is -4.38. The second-order valence-electron chi connectivity index (χ2n) is 6.00. The Morgan fingerprint density at radius 1 is 1.07 bits per heavy atom. The first-order chi connectivity index (χ1) is 13.7. The van der Waals surface area contributed by atoms with Gasteiger partial charge in [-0.15, -0.1) is 0 Å². The number of sulfonamides is 1. The van der Waals surface area contributed by atoms with E-state index in [1.807, 2.05) is 0 Å². The molecule has 0 spiro atoms. The first-order valence-electron chi connectivity index (χ1n) is 8.06. The first kappa shape index (κ1) is 19.2. The van der Waals surface area contributed by atoms with Gasteiger partial charge in [0.2, 0.25) is 0 Å². The van der Waals surface area contributed by atoms with Gasteiger partial charge in [-0.25, -0.2) is 36.7 Å². The topological polar surface area (TPSA) is 102 Å². The van der Waals surface area contributed by atoms with Gasteiger partial charge in [0, 0.05) is 17.8 Å². The van der Waals surface area contributed by atoms with Crippen molar-refractivity contribution in [1.82, 2.24) is 24.6 Å². The van der Waals surface area contributed by atoms with Gasteiger partial charge < -0.3 is 0 Å². The molecular weight excluding hydrogens is 426 g/mol. The lowest BCUT2D eigenvalue weighted by atomic mass is 10.2. The monoisotopic (exact) mass is 436 g/mol. The predicted octanol–water partition coefficient (Wildman–Crippen LogP) is 3.23. The summed E-state index contributed by atoms with van der Waals surface area (Å²) in [6, 6.07) is 3.52. The lowest BCUT2D eigenvalue weighted by molar-refractivity contribution is 0.551. The number of hydrogen-bond acceptors (Lipinski definition) is 6. The van der Waals surface area contributed by atoms with Crippen molar-refractivity contribution in [2.45, 2.75) is 11.8 Å². The number of benzene rings is 1. The molecule has 29 heavy (non-hydrogen) atoms. The van der Waals surface area contributed by atoms with Crippen molar-refractivity contribution in [3.05, 3.63) is 65.3 Å². The third kappa shape index (κ3) is 3.61. The number of fused-ring (bicyclic) bond motifs is 1. The molecule has 0 aliphatic heterocycles. The Bertz CT molecular complexity index is 1360. The lowest BCUT2D eigenvalue weighted by Gasteiger charge is -2.11. The number of halogens is 3. The van der Waals surface area contributed by atoms with Crippen LogP contribution in [0.15, 0.2) is 47.8 Å². The summed E-state index contributed by atoms with van der Waals surface area (Å²) < 4.78 is 55.7. The number of imidazole rings is 1. The van der Waals surface area contributed by atoms with Gasteiger partial charge in [-0.3, -0.25) is 4.72 Å². The van der Waals surface area contributed by atoms with Crippen LogP contribution in [0, 0.1) is 18.6 Å². The predicted molar refractivity (Wildman–Crippen MR) is 101 cm³/mol. The van der Waals surface area contributed by atoms with Crippen LogP contribution in [0.3, 0.4) is 0 Å². The van der Waals surface area contributed by atoms with Gasteiger partial charge in [-0.05, 0) is 25.1 Å². The molecule has 0 aliphatic rings. The van der Waals surface area contributed by atoms with Crippen LogP contribution >= 0.6 is 11.6 Å². The SMILES string of the molecule is Cc1cnc2ncc(-c3cnc(Cl)c(NS(=O)(=O)c4ccc(F)cc4F)c3)nn12. The summed E-state index contributed by atoms with van der Waals surface area (Å²) in [7, 11) is -4.38. The summed E-state index contributed by atoms with van der Waals surface area (Å²) in [5.74, 6) is -1.72. The number of pyridine rings is 1. The van der Waals surface area contributed by atoms with Crippen LogP contribution in [-0.2, 0) is 10.0 Å². The molecule has 0 saturated carbocycles. The van der Waals surface area contributed by atoms with Gasteiger partial charge in [0.25, 0.3) is 15.8 Å². The highest BCUT2D eigenvalue weighted by molar-refractivity contribution is 7.92. The minimum absolute atomic E-state index is 0.0999. The van der Waals surface area contributed by atoms with Crippen molar-refractivity contribution in [2.24, 2.45) is 0 Å². The van der Waals surface area contributed by atoms with Crippen molar-refractivity contribution in [2.75, 3.05) is 4.72 Å². The Kier molecular flexibility index (Phi) is 4.63. The quantitative estimate of drug-likeness (QED) is 0.493. The van der Waals surface area contributed by atoms with Crippen molar-refractivity contribution >= 4 is 33.1 Å². The fourth-order valence-corrected chi connectivity index (χ4v) is 3.89. The largest absolute Gasteiger partial charge is 0.276 e. The van der Waals surface area contributed by atoms with Crippen molar-refractivity contribution in [1.29, 1.82) is 0 Å². The fraction of sp³-hybridized carbons (Fsp3) is 0.0588. The van der Waals surface area contributed by atoms with Crippen molar-refractivity contribution < 1.29 is 17.2 Å². The zero-order valence-corrected chi connectivity index (χ0v) is 16.2. The van der Waals surface area contributed by atoms with E-state index in [2.05, 4.69) is 24.8 Å². The summed E-state index contributed by atoms with van der Waals surface area (Å²) in [6.07, 6.45) is 4.45. The molecule has 0 amide bonds. The molecule has 1 N–H and O–H groups in total. The van der Waals surface area contributed by atoms with Crippen LogP contribution < -0.4 is 4.72 Å². The number of aromatic nitrogens is 5. The maximum Gasteiger partial charge on any atom is 0.264 e. The molecule has 3 aromatic heterocycles. The normalized spacial score (nSPS) is 11.7. The molecule has 1 aromatic carbocycles. The molecular formula is C17H11ClF2N6O2S. The maximum absolute atomic E-state index is 13.9. The van der Waals surface area contributed by atoms with E-state index < -0.39 is 26.6 Å². The van der Waals surface area contributed by atoms with Gasteiger partial charge in [0.05, 0.1) is 23.8 Å². The van der Waals surface area contributed by atoms with Gasteiger partial charge in [0.1, 0.15) is 22.2 Å². The molecule has 12 heteroatoms. The van der Waals surface area contributed by atoms with Crippen LogP contribution in [-0.4, -0.2) is 33.0 Å². The van der Waals surface area contributed by atoms with Crippen LogP contribution in [0.1, 0.15) is 5.69 Å². The highest BCUT2D eigenvalue weighted by Crippen LogP contribution is 2.28. The van der Waals surface area contributed by atoms with E-state index in [0.29, 0.717) is 23.1 Å². The van der Waals surface area contributed by atoms with E-state index in [4.69, 9.17) is 11.6 Å². The zero-order valence-electron chi connectivity index (χ0n) is 14.6. The Balaban J connectivity index is 1.74. The van der Waals surface area contributed by atoms with Gasteiger partial charge in [-0.1, -0.05) is 11.6 Å². The van der Waals surface area contributed by atoms with Crippen LogP contribution in [0.4, 0.5) is 14.5 Å². The van der Waals surface area contributed by atoms with Gasteiger partial charge >= 0.3 is 0 Å². The van der Waals surface area contributed by atoms with Gasteiger partial charge in [0.15, 0.2) is 5.15 Å². The third-order valence-corrected chi connectivity index (χ3v) is 5.66. The summed E-state index contributed by atoms with van der Waals surface area (Å²) in [5, 5.41) is 4.22.